The minimum atomic E-state index is -0.550. The quantitative estimate of drug-likeness (QED) is 0.183. The number of amides is 2. The number of fused-ring (bicyclic) bond motifs is 2. The maximum atomic E-state index is 12.8. The summed E-state index contributed by atoms with van der Waals surface area (Å²) in [6.45, 7) is 15.0. The molecule has 0 spiro atoms. The van der Waals surface area contributed by atoms with Gasteiger partial charge in [-0.25, -0.2) is 19.6 Å². The van der Waals surface area contributed by atoms with E-state index in [0.29, 0.717) is 19.6 Å². The van der Waals surface area contributed by atoms with Gasteiger partial charge in [0.15, 0.2) is 0 Å². The second-order valence-electron chi connectivity index (χ2n) is 15.0. The molecule has 2 amide bonds. The van der Waals surface area contributed by atoms with E-state index >= 15 is 0 Å². The van der Waals surface area contributed by atoms with Gasteiger partial charge in [-0.3, -0.25) is 4.90 Å². The van der Waals surface area contributed by atoms with Crippen LogP contribution in [0.5, 0.6) is 0 Å². The topological polar surface area (TPSA) is 116 Å². The summed E-state index contributed by atoms with van der Waals surface area (Å²) in [5.74, 6) is 1.53. The number of rotatable bonds is 7. The zero-order valence-corrected chi connectivity index (χ0v) is 29.3. The van der Waals surface area contributed by atoms with Gasteiger partial charge < -0.3 is 24.3 Å². The van der Waals surface area contributed by atoms with Crippen molar-refractivity contribution in [2.24, 2.45) is 0 Å². The lowest BCUT2D eigenvalue weighted by molar-refractivity contribution is 0.0212. The molecule has 1 fully saturated rings. The number of ether oxygens (including phenoxy) is 2. The Kier molecular flexibility index (Phi) is 9.11. The summed E-state index contributed by atoms with van der Waals surface area (Å²) in [5.41, 5.74) is 8.18. The minimum Gasteiger partial charge on any atom is -0.444 e. The molecule has 2 N–H and O–H groups in total. The lowest BCUT2D eigenvalue weighted by atomic mass is 9.84. The first-order valence-electron chi connectivity index (χ1n) is 17.1. The van der Waals surface area contributed by atoms with Crippen LogP contribution in [0, 0.1) is 0 Å². The summed E-state index contributed by atoms with van der Waals surface area (Å²) in [4.78, 5) is 45.3. The first-order valence-corrected chi connectivity index (χ1v) is 17.1. The number of aromatic nitrogens is 4. The molecular weight excluding hydrogens is 604 g/mol. The minimum absolute atomic E-state index is 0.112. The van der Waals surface area contributed by atoms with Crippen LogP contribution in [-0.4, -0.2) is 66.2 Å². The summed E-state index contributed by atoms with van der Waals surface area (Å²) in [6.07, 6.45) is 7.42. The van der Waals surface area contributed by atoms with E-state index in [4.69, 9.17) is 14.5 Å². The van der Waals surface area contributed by atoms with Crippen LogP contribution in [-0.2, 0) is 28.9 Å². The molecule has 1 atom stereocenters. The number of benzene rings is 2. The molecule has 4 aromatic rings. The number of imidazole rings is 2. The van der Waals surface area contributed by atoms with Crippen molar-refractivity contribution in [3.8, 4) is 22.5 Å². The summed E-state index contributed by atoms with van der Waals surface area (Å²) in [7, 11) is 0. The second kappa shape index (κ2) is 13.1. The van der Waals surface area contributed by atoms with E-state index in [1.54, 1.807) is 9.80 Å². The molecule has 10 heteroatoms. The highest BCUT2D eigenvalue weighted by atomic mass is 16.6. The predicted molar refractivity (Wildman–Crippen MR) is 186 cm³/mol. The van der Waals surface area contributed by atoms with Crippen LogP contribution < -0.4 is 0 Å². The number of carbonyl (C=O) groups is 2. The van der Waals surface area contributed by atoms with Crippen molar-refractivity contribution in [1.82, 2.24) is 29.7 Å². The highest BCUT2D eigenvalue weighted by molar-refractivity contribution is 5.70. The number of hydrogen-bond donors (Lipinski definition) is 2. The van der Waals surface area contributed by atoms with Crippen LogP contribution in [0.25, 0.3) is 22.5 Å². The fraction of sp³-hybridized carbons (Fsp3) is 0.474. The monoisotopic (exact) mass is 652 g/mol. The van der Waals surface area contributed by atoms with Crippen molar-refractivity contribution in [3.63, 3.8) is 0 Å². The third-order valence-electron chi connectivity index (χ3n) is 8.70. The van der Waals surface area contributed by atoms with Crippen LogP contribution in [0.2, 0.25) is 0 Å². The Balaban J connectivity index is 1.14. The lowest BCUT2D eigenvalue weighted by Crippen LogP contribution is -2.37. The highest BCUT2D eigenvalue weighted by Gasteiger charge is 2.35. The predicted octanol–water partition coefficient (Wildman–Crippen LogP) is 8.18. The van der Waals surface area contributed by atoms with Crippen molar-refractivity contribution in [2.45, 2.75) is 104 Å². The molecule has 0 bridgehead atoms. The number of nitrogens with one attached hydrogen (secondary N) is 2. The van der Waals surface area contributed by atoms with Crippen LogP contribution in [0.15, 0.2) is 48.8 Å². The molecule has 0 radical (unpaired) electrons. The summed E-state index contributed by atoms with van der Waals surface area (Å²) < 4.78 is 11.3. The fourth-order valence-corrected chi connectivity index (χ4v) is 6.52. The first kappa shape index (κ1) is 33.3. The Morgan fingerprint density at radius 1 is 0.854 bits per heavy atom. The average Bonchev–Trinajstić information content (AvgIpc) is 3.79. The van der Waals surface area contributed by atoms with E-state index in [0.717, 1.165) is 66.3 Å². The largest absolute Gasteiger partial charge is 0.444 e. The van der Waals surface area contributed by atoms with Crippen LogP contribution in [0.1, 0.15) is 108 Å². The fourth-order valence-electron chi connectivity index (χ4n) is 6.52. The van der Waals surface area contributed by atoms with Crippen molar-refractivity contribution < 1.29 is 19.1 Å². The van der Waals surface area contributed by atoms with Gasteiger partial charge in [-0.1, -0.05) is 31.2 Å². The van der Waals surface area contributed by atoms with Gasteiger partial charge >= 0.3 is 12.2 Å². The SMILES string of the molecule is CCCN(Cc1ncc(-c2ccc3c(c2)Cc2ccc(-c4cnc([C@@H]5CCCN5C(=O)OC(C)(C)C)[nH]4)cc2C3)[nH]1)C(=O)OC(C)(C)C. The number of carbonyl (C=O) groups excluding carboxylic acids is 2. The molecule has 0 unspecified atom stereocenters. The van der Waals surface area contributed by atoms with E-state index in [1.165, 1.54) is 22.3 Å². The van der Waals surface area contributed by atoms with Crippen molar-refractivity contribution in [3.05, 3.63) is 82.7 Å². The van der Waals surface area contributed by atoms with E-state index < -0.39 is 11.2 Å². The molecular formula is C38H48N6O4. The Bertz CT molecular complexity index is 1790. The third kappa shape index (κ3) is 7.58. The molecule has 254 valence electrons. The molecule has 2 aliphatic rings. The molecule has 0 saturated carbocycles. The van der Waals surface area contributed by atoms with Gasteiger partial charge in [-0.15, -0.1) is 0 Å². The van der Waals surface area contributed by atoms with E-state index in [-0.39, 0.29) is 18.2 Å². The van der Waals surface area contributed by atoms with Gasteiger partial charge in [-0.2, -0.15) is 0 Å². The number of aromatic amines is 2. The van der Waals surface area contributed by atoms with Crippen LogP contribution in [0.3, 0.4) is 0 Å². The molecule has 48 heavy (non-hydrogen) atoms. The maximum Gasteiger partial charge on any atom is 0.410 e. The summed E-state index contributed by atoms with van der Waals surface area (Å²) in [5, 5.41) is 0. The van der Waals surface area contributed by atoms with Gasteiger partial charge in [-0.05, 0) is 119 Å². The zero-order valence-electron chi connectivity index (χ0n) is 29.3. The van der Waals surface area contributed by atoms with Crippen molar-refractivity contribution in [1.29, 1.82) is 0 Å². The van der Waals surface area contributed by atoms with Gasteiger partial charge in [0.25, 0.3) is 0 Å². The van der Waals surface area contributed by atoms with Crippen molar-refractivity contribution in [2.75, 3.05) is 13.1 Å². The van der Waals surface area contributed by atoms with E-state index in [9.17, 15) is 9.59 Å². The standard InChI is InChI=1S/C38H48N6O4/c1-8-15-43(35(45)47-37(2,3)4)23-33-39-21-30(41-33)26-13-11-24-18-29-20-27(14-12-25(29)17-28(24)19-26)31-22-40-34(42-31)32-10-9-16-44(32)36(46)48-38(5,6)7/h11-14,19-22,32H,8-10,15-18,23H2,1-7H3,(H,39,41)(H,40,42)/t32-/m0/s1. The summed E-state index contributed by atoms with van der Waals surface area (Å²) >= 11 is 0. The number of hydrogen-bond acceptors (Lipinski definition) is 6. The molecule has 2 aromatic heterocycles. The lowest BCUT2D eigenvalue weighted by Gasteiger charge is -2.27. The van der Waals surface area contributed by atoms with Crippen LogP contribution >= 0.6 is 0 Å². The van der Waals surface area contributed by atoms with Gasteiger partial charge in [0.05, 0.1) is 36.4 Å². The van der Waals surface area contributed by atoms with Gasteiger partial charge in [0, 0.05) is 13.1 Å². The third-order valence-corrected chi connectivity index (χ3v) is 8.70. The number of likely N-dealkylation sites (tertiary alicyclic amines) is 1. The molecule has 10 nitrogen and oxygen atoms in total. The average molecular weight is 653 g/mol. The van der Waals surface area contributed by atoms with E-state index in [2.05, 4.69) is 51.4 Å². The van der Waals surface area contributed by atoms with Crippen LogP contribution in [0.4, 0.5) is 9.59 Å². The Labute approximate surface area is 283 Å². The normalized spacial score (nSPS) is 16.0. The van der Waals surface area contributed by atoms with Crippen molar-refractivity contribution >= 4 is 12.2 Å². The Morgan fingerprint density at radius 2 is 1.46 bits per heavy atom. The zero-order chi connectivity index (χ0) is 34.2. The molecule has 2 aromatic carbocycles. The molecule has 3 heterocycles. The smallest absolute Gasteiger partial charge is 0.410 e. The molecule has 1 aliphatic carbocycles. The number of nitrogens with zero attached hydrogens (tertiary/aromatic N) is 4. The Hall–Kier alpha value is -4.60. The van der Waals surface area contributed by atoms with Gasteiger partial charge in [0.2, 0.25) is 0 Å². The molecule has 6 rings (SSSR count). The van der Waals surface area contributed by atoms with Gasteiger partial charge in [0.1, 0.15) is 22.9 Å². The second-order valence-corrected chi connectivity index (χ2v) is 15.0. The highest BCUT2D eigenvalue weighted by Crippen LogP contribution is 2.35. The molecule has 1 saturated heterocycles. The summed E-state index contributed by atoms with van der Waals surface area (Å²) in [6, 6.07) is 13.1. The maximum absolute atomic E-state index is 12.8. The van der Waals surface area contributed by atoms with E-state index in [1.807, 2.05) is 60.9 Å². The molecule has 1 aliphatic heterocycles. The first-order chi connectivity index (χ1) is 22.8. The Morgan fingerprint density at radius 3 is 2.06 bits per heavy atom. The number of H-pyrrole nitrogens is 2.